The third-order valence-corrected chi connectivity index (χ3v) is 5.46. The van der Waals surface area contributed by atoms with Crippen molar-refractivity contribution in [1.82, 2.24) is 9.80 Å². The first-order chi connectivity index (χ1) is 14.1. The summed E-state index contributed by atoms with van der Waals surface area (Å²) in [6, 6.07) is 7.90. The Labute approximate surface area is 172 Å². The number of amides is 1. The van der Waals surface area contributed by atoms with Gasteiger partial charge in [0.05, 0.1) is 13.7 Å². The lowest BCUT2D eigenvalue weighted by Crippen LogP contribution is -2.48. The number of unbranched alkanes of at least 4 members (excludes halogenated alkanes) is 1. The van der Waals surface area contributed by atoms with Crippen LogP contribution in [-0.4, -0.2) is 80.7 Å². The number of piperazine rings is 1. The van der Waals surface area contributed by atoms with Crippen molar-refractivity contribution < 1.29 is 24.1 Å². The van der Waals surface area contributed by atoms with Crippen LogP contribution in [0.25, 0.3) is 0 Å². The first-order valence-corrected chi connectivity index (χ1v) is 10.3. The number of benzene rings is 1. The van der Waals surface area contributed by atoms with Crippen molar-refractivity contribution in [3.05, 3.63) is 41.7 Å². The summed E-state index contributed by atoms with van der Waals surface area (Å²) in [5.41, 5.74) is 1.10. The second-order valence-electron chi connectivity index (χ2n) is 7.59. The Morgan fingerprint density at radius 2 is 1.90 bits per heavy atom. The van der Waals surface area contributed by atoms with Crippen LogP contribution in [0, 0.1) is 0 Å². The van der Waals surface area contributed by atoms with E-state index < -0.39 is 6.29 Å². The maximum absolute atomic E-state index is 13.1. The number of carbonyl (C=O) groups excluding carboxylic acids is 1. The minimum absolute atomic E-state index is 0.0314. The third-order valence-electron chi connectivity index (χ3n) is 5.46. The van der Waals surface area contributed by atoms with E-state index in [4.69, 9.17) is 19.3 Å². The third kappa shape index (κ3) is 5.95. The summed E-state index contributed by atoms with van der Waals surface area (Å²) in [7, 11) is 3.71. The monoisotopic (exact) mass is 404 g/mol. The van der Waals surface area contributed by atoms with Gasteiger partial charge >= 0.3 is 0 Å². The molecular formula is C22H32N2O5. The van der Waals surface area contributed by atoms with Gasteiger partial charge in [0.25, 0.3) is 5.91 Å². The number of carbonyl (C=O) groups is 1. The van der Waals surface area contributed by atoms with Crippen LogP contribution in [0.15, 0.2) is 36.1 Å². The minimum atomic E-state index is -0.475. The molecule has 1 saturated heterocycles. The summed E-state index contributed by atoms with van der Waals surface area (Å²) in [5.74, 6) is 1.13. The number of allylic oxidation sites excluding steroid dienone is 1. The van der Waals surface area contributed by atoms with E-state index in [0.717, 1.165) is 30.8 Å². The van der Waals surface area contributed by atoms with E-state index in [2.05, 4.69) is 11.9 Å². The molecule has 7 heteroatoms. The normalized spacial score (nSPS) is 22.7. The predicted octanol–water partition coefficient (Wildman–Crippen LogP) is 1.97. The average Bonchev–Trinajstić information content (AvgIpc) is 2.76. The molecule has 0 saturated carbocycles. The van der Waals surface area contributed by atoms with Crippen LogP contribution in [0.5, 0.6) is 5.75 Å². The van der Waals surface area contributed by atoms with Crippen LogP contribution < -0.4 is 4.74 Å². The van der Waals surface area contributed by atoms with Gasteiger partial charge in [0.2, 0.25) is 6.29 Å². The van der Waals surface area contributed by atoms with Gasteiger partial charge in [-0.3, -0.25) is 4.79 Å². The largest absolute Gasteiger partial charge is 0.497 e. The summed E-state index contributed by atoms with van der Waals surface area (Å²) in [6.07, 6.45) is 3.55. The molecule has 1 aromatic carbocycles. The van der Waals surface area contributed by atoms with E-state index in [-0.39, 0.29) is 18.4 Å². The molecular weight excluding hydrogens is 372 g/mol. The summed E-state index contributed by atoms with van der Waals surface area (Å²) >= 11 is 0. The van der Waals surface area contributed by atoms with Crippen molar-refractivity contribution in [3.63, 3.8) is 0 Å². The Balaban J connectivity index is 1.73. The Hall–Kier alpha value is -2.09. The number of rotatable bonds is 8. The Kier molecular flexibility index (Phi) is 7.91. The second kappa shape index (κ2) is 10.6. The molecule has 1 amide bonds. The van der Waals surface area contributed by atoms with Crippen molar-refractivity contribution in [2.24, 2.45) is 0 Å². The number of hydrogen-bond acceptors (Lipinski definition) is 6. The Morgan fingerprint density at radius 3 is 2.55 bits per heavy atom. The van der Waals surface area contributed by atoms with E-state index in [1.54, 1.807) is 7.11 Å². The summed E-state index contributed by atoms with van der Waals surface area (Å²) in [4.78, 5) is 17.1. The molecule has 0 unspecified atom stereocenters. The number of likely N-dealkylation sites (N-methyl/N-ethyl adjacent to an activating group) is 1. The van der Waals surface area contributed by atoms with Gasteiger partial charge in [0, 0.05) is 45.1 Å². The van der Waals surface area contributed by atoms with E-state index in [1.165, 1.54) is 0 Å². The molecule has 0 aliphatic carbocycles. The second-order valence-corrected chi connectivity index (χ2v) is 7.59. The number of aliphatic hydroxyl groups is 1. The molecule has 2 aliphatic heterocycles. The number of ether oxygens (including phenoxy) is 3. The molecule has 1 N–H and O–H groups in total. The molecule has 3 rings (SSSR count). The molecule has 0 radical (unpaired) electrons. The lowest BCUT2D eigenvalue weighted by molar-refractivity contribution is -0.153. The average molecular weight is 405 g/mol. The number of hydrogen-bond donors (Lipinski definition) is 1. The van der Waals surface area contributed by atoms with E-state index >= 15 is 0 Å². The molecule has 7 nitrogen and oxygen atoms in total. The predicted molar refractivity (Wildman–Crippen MR) is 110 cm³/mol. The number of methoxy groups -OCH3 is 1. The maximum Gasteiger partial charge on any atom is 0.288 e. The van der Waals surface area contributed by atoms with E-state index in [1.807, 2.05) is 35.2 Å². The lowest BCUT2D eigenvalue weighted by atomic mass is 9.92. The highest BCUT2D eigenvalue weighted by Crippen LogP contribution is 2.33. The summed E-state index contributed by atoms with van der Waals surface area (Å²) in [6.45, 7) is 3.77. The smallest absolute Gasteiger partial charge is 0.288 e. The van der Waals surface area contributed by atoms with Crippen LogP contribution in [0.2, 0.25) is 0 Å². The van der Waals surface area contributed by atoms with E-state index in [0.29, 0.717) is 38.3 Å². The molecule has 29 heavy (non-hydrogen) atoms. The lowest BCUT2D eigenvalue weighted by Gasteiger charge is -2.35. The maximum atomic E-state index is 13.1. The quantitative estimate of drug-likeness (QED) is 0.668. The zero-order valence-electron chi connectivity index (χ0n) is 17.4. The summed E-state index contributed by atoms with van der Waals surface area (Å²) in [5, 5.41) is 8.95. The van der Waals surface area contributed by atoms with Crippen LogP contribution in [0.4, 0.5) is 0 Å². The highest BCUT2D eigenvalue weighted by atomic mass is 16.7. The molecule has 160 valence electrons. The Morgan fingerprint density at radius 1 is 1.17 bits per heavy atom. The van der Waals surface area contributed by atoms with Crippen LogP contribution in [0.1, 0.15) is 30.7 Å². The van der Waals surface area contributed by atoms with Gasteiger partial charge in [-0.1, -0.05) is 12.1 Å². The van der Waals surface area contributed by atoms with Crippen LogP contribution >= 0.6 is 0 Å². The zero-order valence-corrected chi connectivity index (χ0v) is 17.4. The molecule has 1 aromatic rings. The highest BCUT2D eigenvalue weighted by Gasteiger charge is 2.31. The van der Waals surface area contributed by atoms with Crippen molar-refractivity contribution in [1.29, 1.82) is 0 Å². The van der Waals surface area contributed by atoms with E-state index in [9.17, 15) is 4.79 Å². The fourth-order valence-corrected chi connectivity index (χ4v) is 3.59. The molecule has 0 bridgehead atoms. The summed E-state index contributed by atoms with van der Waals surface area (Å²) < 4.78 is 17.1. The van der Waals surface area contributed by atoms with Crippen molar-refractivity contribution in [2.45, 2.75) is 31.5 Å². The fraction of sp³-hybridized carbons (Fsp3) is 0.591. The van der Waals surface area contributed by atoms with Gasteiger partial charge in [0.15, 0.2) is 5.76 Å². The molecule has 0 aromatic heterocycles. The van der Waals surface area contributed by atoms with Gasteiger partial charge in [-0.25, -0.2) is 0 Å². The van der Waals surface area contributed by atoms with Gasteiger partial charge in [-0.15, -0.1) is 0 Å². The van der Waals surface area contributed by atoms with Crippen LogP contribution in [0.3, 0.4) is 0 Å². The first-order valence-electron chi connectivity index (χ1n) is 10.3. The highest BCUT2D eigenvalue weighted by molar-refractivity contribution is 5.91. The molecule has 2 atom stereocenters. The molecule has 2 heterocycles. The Bertz CT molecular complexity index is 683. The molecule has 1 fully saturated rings. The van der Waals surface area contributed by atoms with Gasteiger partial charge in [-0.05, 0) is 43.7 Å². The standard InChI is InChI=1S/C22H32N2O5/c1-23-9-11-24(12-10-23)22(26)20-15-18(17-5-7-19(27-2)8-6-17)16-21(29-20)28-14-4-3-13-25/h5-8,15,18,21,25H,3-4,9-14,16H2,1-2H3/t18-,21+/m1/s1. The molecule has 2 aliphatic rings. The number of nitrogens with zero attached hydrogens (tertiary/aromatic N) is 2. The van der Waals surface area contributed by atoms with Crippen molar-refractivity contribution in [3.8, 4) is 5.75 Å². The van der Waals surface area contributed by atoms with Gasteiger partial charge in [-0.2, -0.15) is 0 Å². The topological polar surface area (TPSA) is 71.5 Å². The van der Waals surface area contributed by atoms with Gasteiger partial charge in [0.1, 0.15) is 5.75 Å². The minimum Gasteiger partial charge on any atom is -0.497 e. The van der Waals surface area contributed by atoms with Crippen LogP contribution in [-0.2, 0) is 14.3 Å². The first kappa shape index (κ1) is 21.6. The molecule has 0 spiro atoms. The fourth-order valence-electron chi connectivity index (χ4n) is 3.59. The zero-order chi connectivity index (χ0) is 20.6. The SMILES string of the molecule is COc1ccc([C@@H]2C=C(C(=O)N3CCN(C)CC3)O[C@H](OCCCCO)C2)cc1. The van der Waals surface area contributed by atoms with Gasteiger partial charge < -0.3 is 29.1 Å². The van der Waals surface area contributed by atoms with Crippen molar-refractivity contribution in [2.75, 3.05) is 53.6 Å². The van der Waals surface area contributed by atoms with Crippen molar-refractivity contribution >= 4 is 5.91 Å². The number of aliphatic hydroxyl groups excluding tert-OH is 1.